The standard InChI is InChI=1S/C12H12N4O3S/c1-19-12-3-2-9(6-13-12)11-7-16(15-14-11)10-4-5-20(17,18)8-10/h2-7,10H,8H2,1H3/t10-/m1/s1. The van der Waals surface area contributed by atoms with E-state index in [2.05, 4.69) is 15.3 Å². The first-order valence-electron chi connectivity index (χ1n) is 5.90. The molecule has 0 amide bonds. The van der Waals surface area contributed by atoms with Crippen molar-refractivity contribution in [3.63, 3.8) is 0 Å². The molecule has 0 bridgehead atoms. The molecule has 0 spiro atoms. The predicted octanol–water partition coefficient (Wildman–Crippen LogP) is 0.832. The molecule has 3 rings (SSSR count). The average molecular weight is 292 g/mol. The van der Waals surface area contributed by atoms with Crippen molar-refractivity contribution in [3.8, 4) is 17.1 Å². The molecule has 0 N–H and O–H groups in total. The van der Waals surface area contributed by atoms with Gasteiger partial charge in [-0.15, -0.1) is 5.10 Å². The van der Waals surface area contributed by atoms with Gasteiger partial charge in [0.2, 0.25) is 5.88 Å². The van der Waals surface area contributed by atoms with Crippen LogP contribution in [-0.2, 0) is 9.84 Å². The van der Waals surface area contributed by atoms with Crippen molar-refractivity contribution in [2.24, 2.45) is 0 Å². The van der Waals surface area contributed by atoms with Gasteiger partial charge in [-0.1, -0.05) is 5.21 Å². The van der Waals surface area contributed by atoms with Gasteiger partial charge in [-0.05, 0) is 12.1 Å². The molecule has 0 radical (unpaired) electrons. The molecule has 20 heavy (non-hydrogen) atoms. The summed E-state index contributed by atoms with van der Waals surface area (Å²) in [6.45, 7) is 0. The molecule has 7 nitrogen and oxygen atoms in total. The zero-order valence-electron chi connectivity index (χ0n) is 10.7. The van der Waals surface area contributed by atoms with Crippen molar-refractivity contribution < 1.29 is 13.2 Å². The summed E-state index contributed by atoms with van der Waals surface area (Å²) in [4.78, 5) is 4.09. The van der Waals surface area contributed by atoms with Gasteiger partial charge in [-0.25, -0.2) is 18.1 Å². The Hall–Kier alpha value is -2.22. The van der Waals surface area contributed by atoms with Crippen LogP contribution in [0, 0.1) is 0 Å². The molecule has 0 saturated heterocycles. The Morgan fingerprint density at radius 3 is 2.85 bits per heavy atom. The quantitative estimate of drug-likeness (QED) is 0.833. The Morgan fingerprint density at radius 2 is 2.25 bits per heavy atom. The lowest BCUT2D eigenvalue weighted by Gasteiger charge is -2.04. The topological polar surface area (TPSA) is 87.0 Å². The number of sulfone groups is 1. The number of rotatable bonds is 3. The van der Waals surface area contributed by atoms with E-state index in [4.69, 9.17) is 4.74 Å². The molecule has 0 saturated carbocycles. The van der Waals surface area contributed by atoms with Crippen LogP contribution < -0.4 is 4.74 Å². The summed E-state index contributed by atoms with van der Waals surface area (Å²) in [6.07, 6.45) is 4.95. The third-order valence-electron chi connectivity index (χ3n) is 3.00. The van der Waals surface area contributed by atoms with Crippen molar-refractivity contribution in [3.05, 3.63) is 36.0 Å². The van der Waals surface area contributed by atoms with Gasteiger partial charge >= 0.3 is 0 Å². The van der Waals surface area contributed by atoms with Crippen molar-refractivity contribution in [1.82, 2.24) is 20.0 Å². The number of allylic oxidation sites excluding steroid dienone is 1. The van der Waals surface area contributed by atoms with E-state index in [0.717, 1.165) is 5.56 Å². The van der Waals surface area contributed by atoms with E-state index in [9.17, 15) is 8.42 Å². The average Bonchev–Trinajstić information content (AvgIpc) is 3.05. The highest BCUT2D eigenvalue weighted by atomic mass is 32.2. The van der Waals surface area contributed by atoms with Crippen LogP contribution in [0.15, 0.2) is 36.0 Å². The van der Waals surface area contributed by atoms with Crippen LogP contribution in [0.3, 0.4) is 0 Å². The maximum atomic E-state index is 11.4. The minimum atomic E-state index is -3.11. The number of hydrogen-bond acceptors (Lipinski definition) is 6. The summed E-state index contributed by atoms with van der Waals surface area (Å²) in [5.41, 5.74) is 1.43. The highest BCUT2D eigenvalue weighted by Gasteiger charge is 2.24. The number of hydrogen-bond donors (Lipinski definition) is 0. The van der Waals surface area contributed by atoms with Crippen LogP contribution >= 0.6 is 0 Å². The Bertz CT molecular complexity index is 749. The normalized spacial score (nSPS) is 20.1. The fraction of sp³-hybridized carbons (Fsp3) is 0.250. The fourth-order valence-electron chi connectivity index (χ4n) is 1.95. The van der Waals surface area contributed by atoms with Crippen LogP contribution in [0.25, 0.3) is 11.3 Å². The van der Waals surface area contributed by atoms with Crippen LogP contribution in [0.4, 0.5) is 0 Å². The van der Waals surface area contributed by atoms with Gasteiger partial charge in [0.1, 0.15) is 5.69 Å². The van der Waals surface area contributed by atoms with Crippen molar-refractivity contribution in [1.29, 1.82) is 0 Å². The molecule has 1 atom stereocenters. The second-order valence-electron chi connectivity index (χ2n) is 4.40. The van der Waals surface area contributed by atoms with E-state index in [-0.39, 0.29) is 11.8 Å². The molecule has 1 aliphatic heterocycles. The van der Waals surface area contributed by atoms with Gasteiger partial charge in [-0.3, -0.25) is 0 Å². The highest BCUT2D eigenvalue weighted by Crippen LogP contribution is 2.22. The summed E-state index contributed by atoms with van der Waals surface area (Å²) in [5, 5.41) is 9.23. The number of nitrogens with zero attached hydrogens (tertiary/aromatic N) is 4. The molecular weight excluding hydrogens is 280 g/mol. The summed E-state index contributed by atoms with van der Waals surface area (Å²) in [6, 6.07) is 3.25. The van der Waals surface area contributed by atoms with Crippen LogP contribution in [0.2, 0.25) is 0 Å². The van der Waals surface area contributed by atoms with E-state index >= 15 is 0 Å². The number of aromatic nitrogens is 4. The van der Waals surface area contributed by atoms with E-state index in [1.807, 2.05) is 6.07 Å². The van der Waals surface area contributed by atoms with Gasteiger partial charge in [-0.2, -0.15) is 0 Å². The molecular formula is C12H12N4O3S. The van der Waals surface area contributed by atoms with Crippen molar-refractivity contribution in [2.75, 3.05) is 12.9 Å². The van der Waals surface area contributed by atoms with E-state index in [1.54, 1.807) is 36.3 Å². The first-order valence-corrected chi connectivity index (χ1v) is 7.62. The molecule has 104 valence electrons. The zero-order valence-corrected chi connectivity index (χ0v) is 11.5. The van der Waals surface area contributed by atoms with Crippen LogP contribution in [0.1, 0.15) is 6.04 Å². The molecule has 3 heterocycles. The molecule has 1 aliphatic rings. The molecule has 0 aromatic carbocycles. The number of pyridine rings is 1. The summed E-state index contributed by atoms with van der Waals surface area (Å²) < 4.78 is 29.3. The van der Waals surface area contributed by atoms with Crippen molar-refractivity contribution >= 4 is 9.84 Å². The Kier molecular flexibility index (Phi) is 3.01. The van der Waals surface area contributed by atoms with Gasteiger partial charge in [0, 0.05) is 23.2 Å². The minimum absolute atomic E-state index is 0.0245. The minimum Gasteiger partial charge on any atom is -0.481 e. The van der Waals surface area contributed by atoms with Gasteiger partial charge in [0.05, 0.1) is 25.1 Å². The third kappa shape index (κ3) is 2.42. The molecule has 2 aromatic heterocycles. The summed E-state index contributed by atoms with van der Waals surface area (Å²) >= 11 is 0. The molecule has 2 aromatic rings. The van der Waals surface area contributed by atoms with E-state index in [0.29, 0.717) is 11.6 Å². The number of ether oxygens (including phenoxy) is 1. The second-order valence-corrected chi connectivity index (χ2v) is 6.33. The van der Waals surface area contributed by atoms with Gasteiger partial charge < -0.3 is 4.74 Å². The largest absolute Gasteiger partial charge is 0.481 e. The maximum Gasteiger partial charge on any atom is 0.212 e. The van der Waals surface area contributed by atoms with Gasteiger partial charge in [0.25, 0.3) is 0 Å². The van der Waals surface area contributed by atoms with Gasteiger partial charge in [0.15, 0.2) is 9.84 Å². The molecule has 0 aliphatic carbocycles. The maximum absolute atomic E-state index is 11.4. The first-order chi connectivity index (χ1) is 9.57. The second kappa shape index (κ2) is 4.71. The van der Waals surface area contributed by atoms with E-state index < -0.39 is 9.84 Å². The lowest BCUT2D eigenvalue weighted by atomic mass is 10.2. The predicted molar refractivity (Wildman–Crippen MR) is 71.8 cm³/mol. The van der Waals surface area contributed by atoms with Crippen LogP contribution in [-0.4, -0.2) is 41.3 Å². The Morgan fingerprint density at radius 1 is 1.40 bits per heavy atom. The Labute approximate surface area is 115 Å². The monoisotopic (exact) mass is 292 g/mol. The summed E-state index contributed by atoms with van der Waals surface area (Å²) in [5.74, 6) is 0.544. The smallest absolute Gasteiger partial charge is 0.212 e. The molecule has 8 heteroatoms. The number of methoxy groups -OCH3 is 1. The van der Waals surface area contributed by atoms with Crippen LogP contribution in [0.5, 0.6) is 5.88 Å². The Balaban J connectivity index is 1.85. The molecule has 0 unspecified atom stereocenters. The SMILES string of the molecule is COc1ccc(-c2cn([C@@H]3C=CS(=O)(=O)C3)nn2)cn1. The third-order valence-corrected chi connectivity index (χ3v) is 4.38. The lowest BCUT2D eigenvalue weighted by molar-refractivity contribution is 0.398. The molecule has 0 fully saturated rings. The van der Waals surface area contributed by atoms with Crippen molar-refractivity contribution in [2.45, 2.75) is 6.04 Å². The zero-order chi connectivity index (χ0) is 14.2. The first kappa shape index (κ1) is 12.8. The summed E-state index contributed by atoms with van der Waals surface area (Å²) in [7, 11) is -1.56. The highest BCUT2D eigenvalue weighted by molar-refractivity contribution is 7.94. The fourth-order valence-corrected chi connectivity index (χ4v) is 3.22. The van der Waals surface area contributed by atoms with E-state index in [1.165, 1.54) is 5.41 Å². The lowest BCUT2D eigenvalue weighted by Crippen LogP contribution is -2.12.